The molecule has 0 aliphatic heterocycles. The number of hydrogen-bond acceptors (Lipinski definition) is 3. The Labute approximate surface area is 172 Å². The number of amides is 2. The molecule has 1 atom stereocenters. The molecule has 2 N–H and O–H groups in total. The molecule has 0 radical (unpaired) electrons. The molecule has 2 amide bonds. The predicted octanol–water partition coefficient (Wildman–Crippen LogP) is 4.11. The maximum Gasteiger partial charge on any atom is 0.222 e. The van der Waals surface area contributed by atoms with Crippen molar-refractivity contribution >= 4 is 11.8 Å². The Kier molecular flexibility index (Phi) is 7.28. The lowest BCUT2D eigenvalue weighted by Crippen LogP contribution is -2.39. The largest absolute Gasteiger partial charge is 0.497 e. The van der Waals surface area contributed by atoms with E-state index in [9.17, 15) is 9.59 Å². The predicted molar refractivity (Wildman–Crippen MR) is 114 cm³/mol. The van der Waals surface area contributed by atoms with Crippen LogP contribution in [-0.2, 0) is 9.59 Å². The van der Waals surface area contributed by atoms with Crippen molar-refractivity contribution in [2.45, 2.75) is 57.0 Å². The molecule has 2 aromatic rings. The summed E-state index contributed by atoms with van der Waals surface area (Å²) in [5.74, 6) is 1.15. The molecule has 0 spiro atoms. The molecule has 1 unspecified atom stereocenters. The van der Waals surface area contributed by atoms with Crippen molar-refractivity contribution in [1.82, 2.24) is 10.6 Å². The maximum atomic E-state index is 12.7. The average Bonchev–Trinajstić information content (AvgIpc) is 2.74. The highest BCUT2D eigenvalue weighted by Crippen LogP contribution is 2.32. The van der Waals surface area contributed by atoms with Crippen LogP contribution < -0.4 is 15.4 Å². The van der Waals surface area contributed by atoms with Gasteiger partial charge in [0.1, 0.15) is 5.75 Å². The molecule has 2 aromatic carbocycles. The van der Waals surface area contributed by atoms with Gasteiger partial charge in [-0.05, 0) is 54.9 Å². The smallest absolute Gasteiger partial charge is 0.222 e. The van der Waals surface area contributed by atoms with Gasteiger partial charge < -0.3 is 15.4 Å². The zero-order valence-corrected chi connectivity index (χ0v) is 17.2. The second kappa shape index (κ2) is 10.1. The van der Waals surface area contributed by atoms with E-state index in [1.807, 2.05) is 30.3 Å². The lowest BCUT2D eigenvalue weighted by molar-refractivity contribution is -0.123. The van der Waals surface area contributed by atoms with Gasteiger partial charge in [0.2, 0.25) is 11.8 Å². The summed E-state index contributed by atoms with van der Waals surface area (Å²) in [6.45, 7) is 1.47. The van der Waals surface area contributed by atoms with Crippen LogP contribution in [0.3, 0.4) is 0 Å². The summed E-state index contributed by atoms with van der Waals surface area (Å²) in [7, 11) is 1.61. The van der Waals surface area contributed by atoms with Crippen LogP contribution in [0.25, 0.3) is 0 Å². The molecule has 29 heavy (non-hydrogen) atoms. The third-order valence-corrected chi connectivity index (χ3v) is 5.65. The van der Waals surface area contributed by atoms with Crippen molar-refractivity contribution in [2.24, 2.45) is 0 Å². The first-order chi connectivity index (χ1) is 14.0. The first-order valence-corrected chi connectivity index (χ1v) is 10.3. The fourth-order valence-electron chi connectivity index (χ4n) is 4.10. The Bertz CT molecular complexity index is 797. The van der Waals surface area contributed by atoms with Crippen LogP contribution >= 0.6 is 0 Å². The summed E-state index contributed by atoms with van der Waals surface area (Å²) in [6, 6.07) is 17.9. The van der Waals surface area contributed by atoms with E-state index in [-0.39, 0.29) is 30.3 Å². The van der Waals surface area contributed by atoms with Crippen LogP contribution in [0.5, 0.6) is 5.75 Å². The van der Waals surface area contributed by atoms with E-state index in [4.69, 9.17) is 4.74 Å². The molecule has 1 saturated carbocycles. The van der Waals surface area contributed by atoms with Gasteiger partial charge in [-0.15, -0.1) is 0 Å². The van der Waals surface area contributed by atoms with Crippen LogP contribution in [0.2, 0.25) is 0 Å². The molecule has 0 saturated heterocycles. The number of ether oxygens (including phenoxy) is 1. The molecule has 3 rings (SSSR count). The van der Waals surface area contributed by atoms with Crippen molar-refractivity contribution in [3.05, 3.63) is 65.7 Å². The molecular weight excluding hydrogens is 364 g/mol. The van der Waals surface area contributed by atoms with Gasteiger partial charge in [0.15, 0.2) is 0 Å². The van der Waals surface area contributed by atoms with Crippen LogP contribution in [-0.4, -0.2) is 25.0 Å². The quantitative estimate of drug-likeness (QED) is 0.743. The highest BCUT2D eigenvalue weighted by molar-refractivity contribution is 5.79. The number of carbonyl (C=O) groups is 2. The topological polar surface area (TPSA) is 67.4 Å². The number of hydrogen-bond donors (Lipinski definition) is 2. The van der Waals surface area contributed by atoms with E-state index in [0.717, 1.165) is 37.0 Å². The lowest BCUT2D eigenvalue weighted by Gasteiger charge is -2.30. The summed E-state index contributed by atoms with van der Waals surface area (Å²) in [4.78, 5) is 24.3. The third-order valence-electron chi connectivity index (χ3n) is 5.65. The van der Waals surface area contributed by atoms with Gasteiger partial charge in [-0.1, -0.05) is 42.5 Å². The minimum Gasteiger partial charge on any atom is -0.497 e. The molecule has 0 heterocycles. The number of methoxy groups -OCH3 is 1. The van der Waals surface area contributed by atoms with Gasteiger partial charge in [0, 0.05) is 13.0 Å². The highest BCUT2D eigenvalue weighted by Gasteiger charge is 2.25. The molecule has 1 fully saturated rings. The van der Waals surface area contributed by atoms with Gasteiger partial charge in [-0.2, -0.15) is 0 Å². The number of rotatable bonds is 7. The van der Waals surface area contributed by atoms with Crippen LogP contribution in [0.15, 0.2) is 54.6 Å². The zero-order valence-electron chi connectivity index (χ0n) is 17.2. The second-order valence-corrected chi connectivity index (χ2v) is 7.76. The van der Waals surface area contributed by atoms with Crippen LogP contribution in [0, 0.1) is 0 Å². The number of nitrogens with one attached hydrogen (secondary N) is 2. The van der Waals surface area contributed by atoms with E-state index in [1.54, 1.807) is 7.11 Å². The normalized spacial score (nSPS) is 19.8. The lowest BCUT2D eigenvalue weighted by atomic mass is 9.81. The molecule has 154 valence electrons. The van der Waals surface area contributed by atoms with Gasteiger partial charge in [0.25, 0.3) is 0 Å². The zero-order chi connectivity index (χ0) is 20.6. The number of carbonyl (C=O) groups excluding carboxylic acids is 2. The molecular formula is C24H30N2O3. The van der Waals surface area contributed by atoms with Crippen molar-refractivity contribution in [3.8, 4) is 5.75 Å². The van der Waals surface area contributed by atoms with E-state index in [0.29, 0.717) is 5.92 Å². The van der Waals surface area contributed by atoms with E-state index < -0.39 is 0 Å². The molecule has 5 heteroatoms. The minimum absolute atomic E-state index is 0.0253. The van der Waals surface area contributed by atoms with Gasteiger partial charge in [-0.3, -0.25) is 9.59 Å². The fraction of sp³-hybridized carbons (Fsp3) is 0.417. The monoisotopic (exact) mass is 394 g/mol. The molecule has 5 nitrogen and oxygen atoms in total. The highest BCUT2D eigenvalue weighted by atomic mass is 16.5. The Balaban J connectivity index is 1.54. The van der Waals surface area contributed by atoms with Crippen molar-refractivity contribution in [1.29, 1.82) is 0 Å². The van der Waals surface area contributed by atoms with E-state index in [1.165, 1.54) is 12.5 Å². The van der Waals surface area contributed by atoms with Crippen LogP contribution in [0.1, 0.15) is 62.1 Å². The van der Waals surface area contributed by atoms with Gasteiger partial charge in [-0.25, -0.2) is 0 Å². The summed E-state index contributed by atoms with van der Waals surface area (Å²) in [5, 5.41) is 6.06. The van der Waals surface area contributed by atoms with Crippen LogP contribution in [0.4, 0.5) is 0 Å². The Hall–Kier alpha value is -2.82. The van der Waals surface area contributed by atoms with Crippen molar-refractivity contribution < 1.29 is 14.3 Å². The molecule has 0 bridgehead atoms. The van der Waals surface area contributed by atoms with Crippen molar-refractivity contribution in [2.75, 3.05) is 7.11 Å². The van der Waals surface area contributed by atoms with Gasteiger partial charge in [0.05, 0.1) is 19.6 Å². The summed E-state index contributed by atoms with van der Waals surface area (Å²) in [6.07, 6.45) is 4.37. The first kappa shape index (κ1) is 20.9. The Morgan fingerprint density at radius 3 is 2.24 bits per heavy atom. The third kappa shape index (κ3) is 6.08. The average molecular weight is 395 g/mol. The Morgan fingerprint density at radius 2 is 1.66 bits per heavy atom. The molecule has 1 aliphatic carbocycles. The number of benzene rings is 2. The SMILES string of the molecule is COc1ccc(C(CC(=O)NC2CCC(c3ccccc3)CC2)NC(C)=O)cc1. The molecule has 0 aromatic heterocycles. The summed E-state index contributed by atoms with van der Waals surface area (Å²) in [5.41, 5.74) is 2.28. The standard InChI is InChI=1S/C24H30N2O3/c1-17(27)25-23(20-10-14-22(29-2)15-11-20)16-24(28)26-21-12-8-19(9-13-21)18-6-4-3-5-7-18/h3-7,10-11,14-15,19,21,23H,8-9,12-13,16H2,1-2H3,(H,25,27)(H,26,28). The second-order valence-electron chi connectivity index (χ2n) is 7.76. The maximum absolute atomic E-state index is 12.7. The van der Waals surface area contributed by atoms with E-state index in [2.05, 4.69) is 34.9 Å². The first-order valence-electron chi connectivity index (χ1n) is 10.3. The minimum atomic E-state index is -0.348. The Morgan fingerprint density at radius 1 is 1.00 bits per heavy atom. The van der Waals surface area contributed by atoms with Gasteiger partial charge >= 0.3 is 0 Å². The fourth-order valence-corrected chi connectivity index (χ4v) is 4.10. The molecule has 1 aliphatic rings. The van der Waals surface area contributed by atoms with Crippen molar-refractivity contribution in [3.63, 3.8) is 0 Å². The summed E-state index contributed by atoms with van der Waals surface area (Å²) >= 11 is 0. The summed E-state index contributed by atoms with van der Waals surface area (Å²) < 4.78 is 5.19. The van der Waals surface area contributed by atoms with E-state index >= 15 is 0 Å².